The first-order valence-corrected chi connectivity index (χ1v) is 6.04. The molecule has 0 radical (unpaired) electrons. The van der Waals surface area contributed by atoms with Crippen molar-refractivity contribution in [3.63, 3.8) is 0 Å². The van der Waals surface area contributed by atoms with E-state index in [4.69, 9.17) is 10.00 Å². The van der Waals surface area contributed by atoms with Gasteiger partial charge in [0.05, 0.1) is 5.56 Å². The Hall–Kier alpha value is -2.80. The molecule has 0 spiro atoms. The van der Waals surface area contributed by atoms with Gasteiger partial charge in [0, 0.05) is 0 Å². The summed E-state index contributed by atoms with van der Waals surface area (Å²) in [4.78, 5) is 11.2. The van der Waals surface area contributed by atoms with Crippen LogP contribution < -0.4 is 4.74 Å². The summed E-state index contributed by atoms with van der Waals surface area (Å²) in [6, 6.07) is 12.1. The van der Waals surface area contributed by atoms with Crippen LogP contribution in [0.25, 0.3) is 0 Å². The van der Waals surface area contributed by atoms with Gasteiger partial charge in [-0.15, -0.1) is 0 Å². The van der Waals surface area contributed by atoms with Crippen molar-refractivity contribution in [2.24, 2.45) is 0 Å². The Balaban J connectivity index is 2.53. The van der Waals surface area contributed by atoms with Gasteiger partial charge in [0.25, 0.3) is 0 Å². The number of aromatic carboxylic acids is 1. The summed E-state index contributed by atoms with van der Waals surface area (Å²) in [5.41, 5.74) is 2.09. The number of nitriles is 1. The van der Waals surface area contributed by atoms with Crippen LogP contribution in [-0.4, -0.2) is 11.1 Å². The lowest BCUT2D eigenvalue weighted by Gasteiger charge is -2.13. The van der Waals surface area contributed by atoms with E-state index in [1.165, 1.54) is 6.07 Å². The van der Waals surface area contributed by atoms with Gasteiger partial charge in [-0.05, 0) is 43.2 Å². The first-order valence-electron chi connectivity index (χ1n) is 6.04. The molecule has 2 rings (SSSR count). The molecule has 0 aliphatic heterocycles. The van der Waals surface area contributed by atoms with Crippen molar-refractivity contribution < 1.29 is 14.6 Å². The van der Waals surface area contributed by atoms with Crippen LogP contribution in [-0.2, 0) is 0 Å². The van der Waals surface area contributed by atoms with Crippen molar-refractivity contribution in [1.29, 1.82) is 5.26 Å². The number of para-hydroxylation sites is 1. The van der Waals surface area contributed by atoms with Gasteiger partial charge >= 0.3 is 5.97 Å². The fourth-order valence-corrected chi connectivity index (χ4v) is 1.87. The van der Waals surface area contributed by atoms with E-state index in [0.29, 0.717) is 16.9 Å². The highest BCUT2D eigenvalue weighted by Gasteiger charge is 2.15. The summed E-state index contributed by atoms with van der Waals surface area (Å²) in [5.74, 6) is -0.429. The summed E-state index contributed by atoms with van der Waals surface area (Å²) in [6.45, 7) is 3.65. The quantitative estimate of drug-likeness (QED) is 0.921. The molecule has 100 valence electrons. The molecule has 0 aromatic heterocycles. The highest BCUT2D eigenvalue weighted by Crippen LogP contribution is 2.31. The van der Waals surface area contributed by atoms with Gasteiger partial charge < -0.3 is 9.84 Å². The summed E-state index contributed by atoms with van der Waals surface area (Å²) >= 11 is 0. The largest absolute Gasteiger partial charge is 0.478 e. The number of nitrogens with zero attached hydrogens (tertiary/aromatic N) is 1. The molecule has 0 amide bonds. The topological polar surface area (TPSA) is 70.3 Å². The van der Waals surface area contributed by atoms with Crippen molar-refractivity contribution in [3.8, 4) is 17.6 Å². The molecule has 0 saturated heterocycles. The highest BCUT2D eigenvalue weighted by atomic mass is 16.5. The number of carboxylic acids is 1. The standard InChI is InChI=1S/C16H13NO3/c1-10-6-7-12(9-17)14(8-10)20-15-11(2)4-3-5-13(15)16(18)19/h3-8H,1-2H3,(H,18,19). The third kappa shape index (κ3) is 2.62. The average molecular weight is 267 g/mol. The third-order valence-electron chi connectivity index (χ3n) is 2.91. The summed E-state index contributed by atoms with van der Waals surface area (Å²) in [7, 11) is 0. The number of hydrogen-bond acceptors (Lipinski definition) is 3. The maximum Gasteiger partial charge on any atom is 0.339 e. The number of benzene rings is 2. The van der Waals surface area contributed by atoms with Crippen LogP contribution in [0.2, 0.25) is 0 Å². The molecule has 4 nitrogen and oxygen atoms in total. The van der Waals surface area contributed by atoms with Gasteiger partial charge in [0.2, 0.25) is 0 Å². The van der Waals surface area contributed by atoms with Gasteiger partial charge in [-0.3, -0.25) is 0 Å². The van der Waals surface area contributed by atoms with E-state index in [9.17, 15) is 9.90 Å². The minimum absolute atomic E-state index is 0.0791. The molecule has 0 fully saturated rings. The highest BCUT2D eigenvalue weighted by molar-refractivity contribution is 5.91. The summed E-state index contributed by atoms with van der Waals surface area (Å²) < 4.78 is 5.70. The van der Waals surface area contributed by atoms with E-state index >= 15 is 0 Å². The molecule has 20 heavy (non-hydrogen) atoms. The molecule has 4 heteroatoms. The molecule has 0 bridgehead atoms. The second-order valence-electron chi connectivity index (χ2n) is 4.47. The van der Waals surface area contributed by atoms with Crippen molar-refractivity contribution >= 4 is 5.97 Å². The molecule has 0 aliphatic rings. The fraction of sp³-hybridized carbons (Fsp3) is 0.125. The number of rotatable bonds is 3. The molecule has 0 heterocycles. The van der Waals surface area contributed by atoms with E-state index in [1.807, 2.05) is 13.0 Å². The van der Waals surface area contributed by atoms with Crippen LogP contribution in [0.1, 0.15) is 27.0 Å². The fourth-order valence-electron chi connectivity index (χ4n) is 1.87. The Morgan fingerprint density at radius 2 is 2.00 bits per heavy atom. The maximum atomic E-state index is 11.2. The minimum atomic E-state index is -1.06. The smallest absolute Gasteiger partial charge is 0.339 e. The van der Waals surface area contributed by atoms with Gasteiger partial charge in [-0.2, -0.15) is 5.26 Å². The minimum Gasteiger partial charge on any atom is -0.478 e. The molecule has 0 saturated carbocycles. The number of carbonyl (C=O) groups is 1. The molecule has 1 N–H and O–H groups in total. The molecule has 0 atom stereocenters. The van der Waals surface area contributed by atoms with Crippen LogP contribution in [0, 0.1) is 25.2 Å². The van der Waals surface area contributed by atoms with Crippen LogP contribution >= 0.6 is 0 Å². The van der Waals surface area contributed by atoms with Gasteiger partial charge in [-0.25, -0.2) is 4.79 Å². The Kier molecular flexibility index (Phi) is 3.72. The van der Waals surface area contributed by atoms with Crippen molar-refractivity contribution in [3.05, 3.63) is 58.7 Å². The number of ether oxygens (including phenoxy) is 1. The predicted molar refractivity (Wildman–Crippen MR) is 74.1 cm³/mol. The Bertz CT molecular complexity index is 714. The lowest BCUT2D eigenvalue weighted by atomic mass is 10.1. The number of hydrogen-bond donors (Lipinski definition) is 1. The second-order valence-corrected chi connectivity index (χ2v) is 4.47. The average Bonchev–Trinajstić information content (AvgIpc) is 2.41. The zero-order valence-electron chi connectivity index (χ0n) is 11.2. The maximum absolute atomic E-state index is 11.2. The third-order valence-corrected chi connectivity index (χ3v) is 2.91. The predicted octanol–water partition coefficient (Wildman–Crippen LogP) is 3.67. The normalized spacial score (nSPS) is 9.85. The van der Waals surface area contributed by atoms with Crippen LogP contribution in [0.3, 0.4) is 0 Å². The van der Waals surface area contributed by atoms with E-state index in [1.54, 1.807) is 37.3 Å². The zero-order valence-corrected chi connectivity index (χ0v) is 11.2. The van der Waals surface area contributed by atoms with Crippen molar-refractivity contribution in [2.75, 3.05) is 0 Å². The molecular weight excluding hydrogens is 254 g/mol. The summed E-state index contributed by atoms with van der Waals surface area (Å²) in [6.07, 6.45) is 0. The lowest BCUT2D eigenvalue weighted by Crippen LogP contribution is -2.02. The Morgan fingerprint density at radius 1 is 1.25 bits per heavy atom. The Labute approximate surface area is 116 Å². The monoisotopic (exact) mass is 267 g/mol. The van der Waals surface area contributed by atoms with E-state index in [2.05, 4.69) is 0 Å². The van der Waals surface area contributed by atoms with Crippen molar-refractivity contribution in [2.45, 2.75) is 13.8 Å². The van der Waals surface area contributed by atoms with Gasteiger partial charge in [0.15, 0.2) is 0 Å². The molecule has 0 unspecified atom stereocenters. The van der Waals surface area contributed by atoms with Crippen LogP contribution in [0.4, 0.5) is 0 Å². The van der Waals surface area contributed by atoms with Crippen molar-refractivity contribution in [1.82, 2.24) is 0 Å². The molecule has 2 aromatic rings. The van der Waals surface area contributed by atoms with Crippen LogP contribution in [0.5, 0.6) is 11.5 Å². The SMILES string of the molecule is Cc1ccc(C#N)c(Oc2c(C)cccc2C(=O)O)c1. The molecule has 0 aliphatic carbocycles. The number of carboxylic acid groups (broad SMARTS) is 1. The van der Waals surface area contributed by atoms with E-state index in [0.717, 1.165) is 5.56 Å². The second kappa shape index (κ2) is 5.45. The molecular formula is C16H13NO3. The van der Waals surface area contributed by atoms with E-state index in [-0.39, 0.29) is 11.3 Å². The lowest BCUT2D eigenvalue weighted by molar-refractivity contribution is 0.0694. The first-order chi connectivity index (χ1) is 9.52. The van der Waals surface area contributed by atoms with E-state index < -0.39 is 5.97 Å². The Morgan fingerprint density at radius 3 is 2.65 bits per heavy atom. The molecule has 2 aromatic carbocycles. The van der Waals surface area contributed by atoms with Gasteiger partial charge in [0.1, 0.15) is 23.1 Å². The number of aryl methyl sites for hydroxylation is 2. The van der Waals surface area contributed by atoms with Gasteiger partial charge in [-0.1, -0.05) is 18.2 Å². The zero-order chi connectivity index (χ0) is 14.7. The van der Waals surface area contributed by atoms with Crippen LogP contribution in [0.15, 0.2) is 36.4 Å². The first kappa shape index (κ1) is 13.6. The summed E-state index contributed by atoms with van der Waals surface area (Å²) in [5, 5.41) is 18.3.